The molecule has 0 aromatic rings. The number of carboxylic acid groups (broad SMARTS) is 1. The van der Waals surface area contributed by atoms with Crippen LogP contribution in [0.2, 0.25) is 0 Å². The Bertz CT molecular complexity index is 361. The van der Waals surface area contributed by atoms with Crippen LogP contribution >= 0.6 is 0 Å². The van der Waals surface area contributed by atoms with Crippen molar-refractivity contribution in [1.82, 2.24) is 10.2 Å². The lowest BCUT2D eigenvalue weighted by Crippen LogP contribution is -2.51. The molecular formula is C16H30N2O3. The molecule has 1 saturated heterocycles. The third-order valence-corrected chi connectivity index (χ3v) is 4.69. The fourth-order valence-corrected chi connectivity index (χ4v) is 2.81. The molecule has 1 unspecified atom stereocenters. The summed E-state index contributed by atoms with van der Waals surface area (Å²) < 4.78 is 0. The molecule has 1 aliphatic heterocycles. The van der Waals surface area contributed by atoms with E-state index in [2.05, 4.69) is 19.2 Å². The molecule has 5 nitrogen and oxygen atoms in total. The van der Waals surface area contributed by atoms with Gasteiger partial charge in [-0.15, -0.1) is 0 Å². The maximum atomic E-state index is 12.2. The van der Waals surface area contributed by atoms with Crippen molar-refractivity contribution in [1.29, 1.82) is 0 Å². The van der Waals surface area contributed by atoms with Crippen LogP contribution in [-0.2, 0) is 4.79 Å². The zero-order valence-electron chi connectivity index (χ0n) is 13.8. The van der Waals surface area contributed by atoms with Crippen molar-refractivity contribution >= 4 is 12.0 Å². The highest BCUT2D eigenvalue weighted by Gasteiger charge is 2.40. The molecule has 2 amide bonds. The van der Waals surface area contributed by atoms with Gasteiger partial charge < -0.3 is 15.3 Å². The summed E-state index contributed by atoms with van der Waals surface area (Å²) in [7, 11) is 0. The number of nitrogens with one attached hydrogen (secondary N) is 1. The van der Waals surface area contributed by atoms with Crippen molar-refractivity contribution in [2.24, 2.45) is 11.3 Å². The number of rotatable bonds is 6. The van der Waals surface area contributed by atoms with E-state index in [0.717, 1.165) is 12.8 Å². The number of piperidine rings is 1. The van der Waals surface area contributed by atoms with E-state index in [4.69, 9.17) is 0 Å². The number of carboxylic acids is 1. The van der Waals surface area contributed by atoms with Gasteiger partial charge in [-0.25, -0.2) is 4.79 Å². The largest absolute Gasteiger partial charge is 0.481 e. The second-order valence-electron chi connectivity index (χ2n) is 6.75. The Hall–Kier alpha value is -1.26. The quantitative estimate of drug-likeness (QED) is 0.791. The number of amides is 2. The summed E-state index contributed by atoms with van der Waals surface area (Å²) >= 11 is 0. The van der Waals surface area contributed by atoms with E-state index in [-0.39, 0.29) is 12.1 Å². The van der Waals surface area contributed by atoms with Gasteiger partial charge >= 0.3 is 12.0 Å². The minimum atomic E-state index is -0.727. The van der Waals surface area contributed by atoms with E-state index in [1.54, 1.807) is 4.90 Å². The first-order chi connectivity index (χ1) is 9.80. The molecule has 21 heavy (non-hydrogen) atoms. The molecule has 0 aromatic heterocycles. The van der Waals surface area contributed by atoms with Gasteiger partial charge in [-0.2, -0.15) is 0 Å². The molecular weight excluding hydrogens is 268 g/mol. The van der Waals surface area contributed by atoms with Crippen LogP contribution in [0.25, 0.3) is 0 Å². The Morgan fingerprint density at radius 1 is 1.19 bits per heavy atom. The lowest BCUT2D eigenvalue weighted by Gasteiger charge is -2.38. The van der Waals surface area contributed by atoms with E-state index >= 15 is 0 Å². The number of carbonyl (C=O) groups is 2. The third-order valence-electron chi connectivity index (χ3n) is 4.69. The number of likely N-dealkylation sites (tertiary alicyclic amines) is 1. The molecule has 1 aliphatic rings. The molecule has 1 heterocycles. The van der Waals surface area contributed by atoms with Gasteiger partial charge in [-0.3, -0.25) is 4.79 Å². The fourth-order valence-electron chi connectivity index (χ4n) is 2.81. The van der Waals surface area contributed by atoms with Crippen molar-refractivity contribution in [3.63, 3.8) is 0 Å². The molecule has 0 spiro atoms. The SMILES string of the molecule is CCC1(C(=O)O)CCN(C(=O)NC(C)CCC(C)C)CC1. The van der Waals surface area contributed by atoms with Crippen LogP contribution in [0, 0.1) is 11.3 Å². The molecule has 1 rings (SSSR count). The Labute approximate surface area is 128 Å². The van der Waals surface area contributed by atoms with E-state index in [1.165, 1.54) is 0 Å². The Kier molecular flexibility index (Phi) is 6.49. The fraction of sp³-hybridized carbons (Fsp3) is 0.875. The summed E-state index contributed by atoms with van der Waals surface area (Å²) in [6, 6.07) is 0.110. The van der Waals surface area contributed by atoms with Crippen LogP contribution in [0.3, 0.4) is 0 Å². The van der Waals surface area contributed by atoms with Gasteiger partial charge in [0.25, 0.3) is 0 Å². The minimum Gasteiger partial charge on any atom is -0.481 e. The second kappa shape index (κ2) is 7.66. The maximum Gasteiger partial charge on any atom is 0.317 e. The average molecular weight is 298 g/mol. The summed E-state index contributed by atoms with van der Waals surface area (Å²) in [5, 5.41) is 12.4. The third kappa shape index (κ3) is 4.90. The maximum absolute atomic E-state index is 12.2. The van der Waals surface area contributed by atoms with E-state index in [9.17, 15) is 14.7 Å². The number of hydrogen-bond acceptors (Lipinski definition) is 2. The highest BCUT2D eigenvalue weighted by atomic mass is 16.4. The van der Waals surface area contributed by atoms with Crippen molar-refractivity contribution in [3.05, 3.63) is 0 Å². The Balaban J connectivity index is 2.43. The van der Waals surface area contributed by atoms with Gasteiger partial charge in [0.15, 0.2) is 0 Å². The van der Waals surface area contributed by atoms with Crippen LogP contribution in [0.5, 0.6) is 0 Å². The molecule has 0 bridgehead atoms. The molecule has 5 heteroatoms. The molecule has 122 valence electrons. The van der Waals surface area contributed by atoms with Gasteiger partial charge in [0.05, 0.1) is 5.41 Å². The Morgan fingerprint density at radius 3 is 2.19 bits per heavy atom. The van der Waals surface area contributed by atoms with Crippen LogP contribution in [0.4, 0.5) is 4.79 Å². The number of aliphatic carboxylic acids is 1. The van der Waals surface area contributed by atoms with Crippen LogP contribution in [-0.4, -0.2) is 41.1 Å². The molecule has 1 fully saturated rings. The van der Waals surface area contributed by atoms with Gasteiger partial charge in [-0.1, -0.05) is 20.8 Å². The topological polar surface area (TPSA) is 69.6 Å². The lowest BCUT2D eigenvalue weighted by atomic mass is 9.76. The summed E-state index contributed by atoms with van der Waals surface area (Å²) in [5.74, 6) is -0.0876. The number of urea groups is 1. The first-order valence-electron chi connectivity index (χ1n) is 8.09. The first kappa shape index (κ1) is 17.8. The smallest absolute Gasteiger partial charge is 0.317 e. The number of hydrogen-bond donors (Lipinski definition) is 2. The normalized spacial score (nSPS) is 19.4. The molecule has 2 N–H and O–H groups in total. The summed E-state index contributed by atoms with van der Waals surface area (Å²) in [5.41, 5.74) is -0.639. The highest BCUT2D eigenvalue weighted by Crippen LogP contribution is 2.35. The highest BCUT2D eigenvalue weighted by molar-refractivity contribution is 5.77. The lowest BCUT2D eigenvalue weighted by molar-refractivity contribution is -0.151. The van der Waals surface area contributed by atoms with Gasteiger partial charge in [0, 0.05) is 19.1 Å². The van der Waals surface area contributed by atoms with Gasteiger partial charge in [-0.05, 0) is 44.9 Å². The predicted octanol–water partition coefficient (Wildman–Crippen LogP) is 3.10. The van der Waals surface area contributed by atoms with Crippen LogP contribution < -0.4 is 5.32 Å². The van der Waals surface area contributed by atoms with Crippen LogP contribution in [0.1, 0.15) is 59.8 Å². The average Bonchev–Trinajstić information content (AvgIpc) is 2.44. The molecule has 1 atom stereocenters. The number of nitrogens with zero attached hydrogens (tertiary/aromatic N) is 1. The Morgan fingerprint density at radius 2 is 1.76 bits per heavy atom. The zero-order chi connectivity index (χ0) is 16.0. The van der Waals surface area contributed by atoms with E-state index in [0.29, 0.717) is 38.3 Å². The zero-order valence-corrected chi connectivity index (χ0v) is 13.8. The van der Waals surface area contributed by atoms with Crippen molar-refractivity contribution in [3.8, 4) is 0 Å². The van der Waals surface area contributed by atoms with Gasteiger partial charge in [0.2, 0.25) is 0 Å². The second-order valence-corrected chi connectivity index (χ2v) is 6.75. The first-order valence-corrected chi connectivity index (χ1v) is 8.09. The standard InChI is InChI=1S/C16H30N2O3/c1-5-16(14(19)20)8-10-18(11-9-16)15(21)17-13(4)7-6-12(2)3/h12-13H,5-11H2,1-4H3,(H,17,21)(H,19,20). The van der Waals surface area contributed by atoms with E-state index in [1.807, 2.05) is 13.8 Å². The molecule has 0 aliphatic carbocycles. The monoisotopic (exact) mass is 298 g/mol. The minimum absolute atomic E-state index is 0.0543. The molecule has 0 aromatic carbocycles. The van der Waals surface area contributed by atoms with Crippen molar-refractivity contribution in [2.75, 3.05) is 13.1 Å². The molecule has 0 radical (unpaired) electrons. The number of carbonyl (C=O) groups excluding carboxylic acids is 1. The van der Waals surface area contributed by atoms with Crippen LogP contribution in [0.15, 0.2) is 0 Å². The molecule has 0 saturated carbocycles. The predicted molar refractivity (Wildman–Crippen MR) is 83.2 cm³/mol. The van der Waals surface area contributed by atoms with Gasteiger partial charge in [0.1, 0.15) is 0 Å². The summed E-state index contributed by atoms with van der Waals surface area (Å²) in [4.78, 5) is 25.3. The summed E-state index contributed by atoms with van der Waals surface area (Å²) in [6.45, 7) is 9.35. The van der Waals surface area contributed by atoms with Crippen molar-refractivity contribution in [2.45, 2.75) is 65.8 Å². The van der Waals surface area contributed by atoms with Crippen molar-refractivity contribution < 1.29 is 14.7 Å². The summed E-state index contributed by atoms with van der Waals surface area (Å²) in [6.07, 6.45) is 3.80. The van der Waals surface area contributed by atoms with E-state index < -0.39 is 11.4 Å².